The van der Waals surface area contributed by atoms with Gasteiger partial charge in [0, 0.05) is 6.54 Å². The molecule has 0 saturated heterocycles. The van der Waals surface area contributed by atoms with Crippen LogP contribution in [0.4, 0.5) is 13.2 Å². The molecule has 1 N–H and O–H groups in total. The van der Waals surface area contributed by atoms with Gasteiger partial charge in [-0.3, -0.25) is 4.79 Å². The van der Waals surface area contributed by atoms with Gasteiger partial charge in [-0.15, -0.1) is 0 Å². The van der Waals surface area contributed by atoms with E-state index in [1.807, 2.05) is 30.3 Å². The number of hydrogen-bond donors (Lipinski definition) is 1. The van der Waals surface area contributed by atoms with Gasteiger partial charge >= 0.3 is 21.6 Å². The Morgan fingerprint density at radius 3 is 2.21 bits per heavy atom. The van der Waals surface area contributed by atoms with Crippen molar-refractivity contribution in [2.45, 2.75) is 31.4 Å². The first-order valence-corrected chi connectivity index (χ1v) is 10.1. The van der Waals surface area contributed by atoms with Crippen LogP contribution < -0.4 is 9.50 Å². The Morgan fingerprint density at radius 1 is 1.03 bits per heavy atom. The van der Waals surface area contributed by atoms with E-state index in [2.05, 4.69) is 9.50 Å². The van der Waals surface area contributed by atoms with Crippen LogP contribution in [0.15, 0.2) is 54.6 Å². The van der Waals surface area contributed by atoms with Crippen LogP contribution in [0.2, 0.25) is 0 Å². The normalized spacial score (nSPS) is 13.0. The van der Waals surface area contributed by atoms with Gasteiger partial charge in [-0.2, -0.15) is 21.6 Å². The van der Waals surface area contributed by atoms with Crippen molar-refractivity contribution in [2.75, 3.05) is 6.61 Å². The maximum Gasteiger partial charge on any atom is 0.534 e. The molecule has 0 bridgehead atoms. The molecule has 0 saturated carbocycles. The average molecular weight is 431 g/mol. The molecule has 0 radical (unpaired) electrons. The second-order valence-corrected chi connectivity index (χ2v) is 7.54. The maximum atomic E-state index is 12.4. The lowest BCUT2D eigenvalue weighted by Crippen LogP contribution is -2.39. The van der Waals surface area contributed by atoms with E-state index in [4.69, 9.17) is 4.74 Å². The summed E-state index contributed by atoms with van der Waals surface area (Å²) >= 11 is 0. The molecule has 158 valence electrons. The Hall–Kier alpha value is -2.59. The van der Waals surface area contributed by atoms with Gasteiger partial charge < -0.3 is 14.2 Å². The summed E-state index contributed by atoms with van der Waals surface area (Å²) in [6, 6.07) is 13.7. The highest BCUT2D eigenvalue weighted by Crippen LogP contribution is 2.27. The highest BCUT2D eigenvalue weighted by molar-refractivity contribution is 7.88. The number of benzene rings is 2. The lowest BCUT2D eigenvalue weighted by atomic mass is 10.1. The van der Waals surface area contributed by atoms with Crippen molar-refractivity contribution in [3.63, 3.8) is 0 Å². The average Bonchev–Trinajstić information content (AvgIpc) is 2.66. The van der Waals surface area contributed by atoms with E-state index in [1.165, 1.54) is 12.1 Å². The minimum Gasteiger partial charge on any atom is -0.465 e. The number of rotatable bonds is 9. The molecule has 2 rings (SSSR count). The highest BCUT2D eigenvalue weighted by Gasteiger charge is 2.48. The molecular formula is C19H20F3NO5S. The molecule has 2 aromatic carbocycles. The first-order chi connectivity index (χ1) is 13.6. The number of carbonyl (C=O) groups excluding carboxylic acids is 1. The minimum atomic E-state index is -5.73. The summed E-state index contributed by atoms with van der Waals surface area (Å²) in [5.41, 5.74) is -3.97. The van der Waals surface area contributed by atoms with E-state index < -0.39 is 33.4 Å². The third kappa shape index (κ3) is 6.75. The van der Waals surface area contributed by atoms with Gasteiger partial charge in [0.25, 0.3) is 0 Å². The number of nitrogens with one attached hydrogen (secondary N) is 1. The van der Waals surface area contributed by atoms with Crippen LogP contribution in [0.25, 0.3) is 0 Å². The van der Waals surface area contributed by atoms with Crippen molar-refractivity contribution >= 4 is 16.1 Å². The predicted molar refractivity (Wildman–Crippen MR) is 99.5 cm³/mol. The smallest absolute Gasteiger partial charge is 0.465 e. The van der Waals surface area contributed by atoms with Crippen LogP contribution in [0.1, 0.15) is 18.1 Å². The molecule has 0 spiro atoms. The van der Waals surface area contributed by atoms with E-state index in [0.717, 1.165) is 17.7 Å². The first kappa shape index (κ1) is 22.7. The van der Waals surface area contributed by atoms with Crippen LogP contribution >= 0.6 is 0 Å². The number of halogens is 3. The maximum absolute atomic E-state index is 12.4. The zero-order valence-corrected chi connectivity index (χ0v) is 16.3. The molecular weight excluding hydrogens is 411 g/mol. The lowest BCUT2D eigenvalue weighted by Gasteiger charge is -2.18. The fraction of sp³-hybridized carbons (Fsp3) is 0.316. The van der Waals surface area contributed by atoms with Crippen molar-refractivity contribution in [3.8, 4) is 5.75 Å². The third-order valence-electron chi connectivity index (χ3n) is 3.82. The predicted octanol–water partition coefficient (Wildman–Crippen LogP) is 3.18. The van der Waals surface area contributed by atoms with Gasteiger partial charge in [-0.1, -0.05) is 42.5 Å². The van der Waals surface area contributed by atoms with Crippen molar-refractivity contribution < 1.29 is 35.3 Å². The number of alkyl halides is 3. The van der Waals surface area contributed by atoms with Crippen LogP contribution in [-0.4, -0.2) is 32.5 Å². The molecule has 1 atom stereocenters. The van der Waals surface area contributed by atoms with Gasteiger partial charge in [-0.05, 0) is 36.6 Å². The topological polar surface area (TPSA) is 81.7 Å². The molecule has 10 heteroatoms. The summed E-state index contributed by atoms with van der Waals surface area (Å²) in [7, 11) is -5.73. The van der Waals surface area contributed by atoms with Crippen LogP contribution in [-0.2, 0) is 32.6 Å². The van der Waals surface area contributed by atoms with Crippen molar-refractivity contribution in [2.24, 2.45) is 0 Å². The van der Waals surface area contributed by atoms with Crippen LogP contribution in [0, 0.1) is 0 Å². The lowest BCUT2D eigenvalue weighted by molar-refractivity contribution is -0.145. The molecule has 0 aliphatic carbocycles. The van der Waals surface area contributed by atoms with Crippen LogP contribution in [0.3, 0.4) is 0 Å². The Labute approximate surface area is 166 Å². The summed E-state index contributed by atoms with van der Waals surface area (Å²) in [5, 5.41) is 3.09. The second kappa shape index (κ2) is 9.75. The molecule has 0 amide bonds. The first-order valence-electron chi connectivity index (χ1n) is 8.66. The summed E-state index contributed by atoms with van der Waals surface area (Å²) in [6.07, 6.45) is 0.192. The Kier molecular flexibility index (Phi) is 7.63. The molecule has 2 aromatic rings. The monoisotopic (exact) mass is 431 g/mol. The molecule has 0 unspecified atom stereocenters. The largest absolute Gasteiger partial charge is 0.534 e. The molecule has 29 heavy (non-hydrogen) atoms. The summed E-state index contributed by atoms with van der Waals surface area (Å²) in [5.74, 6) is -0.945. The van der Waals surface area contributed by atoms with E-state index in [0.29, 0.717) is 12.1 Å². The quantitative estimate of drug-likeness (QED) is 0.373. The standard InChI is InChI=1S/C19H20F3NO5S/c1-2-27-18(24)17(23-13-15-6-4-3-5-7-15)12-14-8-10-16(11-9-14)28-29(25,26)19(20,21)22/h3-11,17,23H,2,12-13H2,1H3/t17-/m0/s1. The Bertz CT molecular complexity index is 900. The number of ether oxygens (including phenoxy) is 1. The summed E-state index contributed by atoms with van der Waals surface area (Å²) in [4.78, 5) is 12.2. The van der Waals surface area contributed by atoms with Crippen LogP contribution in [0.5, 0.6) is 5.75 Å². The fourth-order valence-corrected chi connectivity index (χ4v) is 2.87. The molecule has 0 aliphatic heterocycles. The van der Waals surface area contributed by atoms with Gasteiger partial charge in [0.15, 0.2) is 0 Å². The molecule has 0 aromatic heterocycles. The van der Waals surface area contributed by atoms with Crippen molar-refractivity contribution in [3.05, 3.63) is 65.7 Å². The van der Waals surface area contributed by atoms with Crippen molar-refractivity contribution in [1.82, 2.24) is 5.32 Å². The zero-order chi connectivity index (χ0) is 21.5. The number of hydrogen-bond acceptors (Lipinski definition) is 6. The Morgan fingerprint density at radius 2 is 1.66 bits per heavy atom. The van der Waals surface area contributed by atoms with E-state index in [1.54, 1.807) is 6.92 Å². The van der Waals surface area contributed by atoms with E-state index in [9.17, 15) is 26.4 Å². The van der Waals surface area contributed by atoms with E-state index in [-0.39, 0.29) is 13.0 Å². The number of carbonyl (C=O) groups is 1. The fourth-order valence-electron chi connectivity index (χ4n) is 2.41. The number of esters is 1. The summed E-state index contributed by atoms with van der Waals surface area (Å²) in [6.45, 7) is 2.29. The summed E-state index contributed by atoms with van der Waals surface area (Å²) < 4.78 is 68.4. The Balaban J connectivity index is 2.07. The van der Waals surface area contributed by atoms with Gasteiger partial charge in [0.05, 0.1) is 6.61 Å². The zero-order valence-electron chi connectivity index (χ0n) is 15.5. The minimum absolute atomic E-state index is 0.192. The highest BCUT2D eigenvalue weighted by atomic mass is 32.2. The molecule has 0 fully saturated rings. The van der Waals surface area contributed by atoms with Gasteiger partial charge in [0.2, 0.25) is 0 Å². The molecule has 6 nitrogen and oxygen atoms in total. The van der Waals surface area contributed by atoms with Gasteiger partial charge in [-0.25, -0.2) is 0 Å². The SMILES string of the molecule is CCOC(=O)[C@H](Cc1ccc(OS(=O)(=O)C(F)(F)F)cc1)NCc1ccccc1. The van der Waals surface area contributed by atoms with Gasteiger partial charge in [0.1, 0.15) is 11.8 Å². The third-order valence-corrected chi connectivity index (χ3v) is 4.80. The molecule has 0 heterocycles. The molecule has 0 aliphatic rings. The van der Waals surface area contributed by atoms with E-state index >= 15 is 0 Å². The van der Waals surface area contributed by atoms with Crippen molar-refractivity contribution in [1.29, 1.82) is 0 Å². The second-order valence-electron chi connectivity index (χ2n) is 6.00.